The Morgan fingerprint density at radius 2 is 1.58 bits per heavy atom. The highest BCUT2D eigenvalue weighted by Crippen LogP contribution is 2.17. The molecule has 0 atom stereocenters. The van der Waals surface area contributed by atoms with Crippen molar-refractivity contribution in [1.82, 2.24) is 5.32 Å². The molecule has 0 unspecified atom stereocenters. The number of carbonyl (C=O) groups is 1. The summed E-state index contributed by atoms with van der Waals surface area (Å²) in [6, 6.07) is 15.7. The number of rotatable bonds is 10. The molecule has 0 saturated heterocycles. The van der Waals surface area contributed by atoms with Crippen LogP contribution in [-0.4, -0.2) is 33.2 Å². The minimum atomic E-state index is 0.0389. The van der Waals surface area contributed by atoms with Crippen LogP contribution in [0, 0.1) is 0 Å². The average Bonchev–Trinajstić information content (AvgIpc) is 2.65. The fraction of sp³-hybridized carbons (Fsp3) is 0.381. The molecule has 140 valence electrons. The molecule has 0 aliphatic heterocycles. The summed E-state index contributed by atoms with van der Waals surface area (Å²) in [5.74, 6) is 1.66. The maximum absolute atomic E-state index is 11.9. The normalized spacial score (nSPS) is 10.3. The standard InChI is InChI=1S/C21H28N2O3/c1-4-25-19-11-13-20(14-12-19)26-15-5-6-21(24)22-16-17-7-9-18(10-8-17)23(2)3/h7-14H,4-6,15-16H2,1-3H3,(H,22,24). The van der Waals surface area contributed by atoms with Gasteiger partial charge in [-0.1, -0.05) is 12.1 Å². The lowest BCUT2D eigenvalue weighted by Crippen LogP contribution is -2.23. The third kappa shape index (κ3) is 6.67. The Kier molecular flexibility index (Phi) is 7.80. The van der Waals surface area contributed by atoms with Gasteiger partial charge in [-0.05, 0) is 55.3 Å². The molecule has 0 bridgehead atoms. The monoisotopic (exact) mass is 356 g/mol. The lowest BCUT2D eigenvalue weighted by molar-refractivity contribution is -0.121. The highest BCUT2D eigenvalue weighted by atomic mass is 16.5. The maximum Gasteiger partial charge on any atom is 0.220 e. The first kappa shape index (κ1) is 19.6. The van der Waals surface area contributed by atoms with Crippen molar-refractivity contribution in [3.05, 3.63) is 54.1 Å². The van der Waals surface area contributed by atoms with Crippen molar-refractivity contribution < 1.29 is 14.3 Å². The molecule has 1 amide bonds. The summed E-state index contributed by atoms with van der Waals surface area (Å²) < 4.78 is 11.0. The maximum atomic E-state index is 11.9. The average molecular weight is 356 g/mol. The van der Waals surface area contributed by atoms with Crippen molar-refractivity contribution in [1.29, 1.82) is 0 Å². The highest BCUT2D eigenvalue weighted by Gasteiger charge is 2.03. The summed E-state index contributed by atoms with van der Waals surface area (Å²) in [6.07, 6.45) is 1.13. The number of nitrogens with one attached hydrogen (secondary N) is 1. The Balaban J connectivity index is 1.62. The number of hydrogen-bond acceptors (Lipinski definition) is 4. The first-order valence-electron chi connectivity index (χ1n) is 8.97. The van der Waals surface area contributed by atoms with Crippen LogP contribution >= 0.6 is 0 Å². The quantitative estimate of drug-likeness (QED) is 0.661. The lowest BCUT2D eigenvalue weighted by atomic mass is 10.2. The molecule has 5 nitrogen and oxygen atoms in total. The van der Waals surface area contributed by atoms with E-state index in [2.05, 4.69) is 5.32 Å². The summed E-state index contributed by atoms with van der Waals surface area (Å²) >= 11 is 0. The number of ether oxygens (including phenoxy) is 2. The number of nitrogens with zero attached hydrogens (tertiary/aromatic N) is 1. The first-order valence-corrected chi connectivity index (χ1v) is 8.97. The number of amides is 1. The van der Waals surface area contributed by atoms with Gasteiger partial charge in [0, 0.05) is 32.7 Å². The van der Waals surface area contributed by atoms with Crippen LogP contribution < -0.4 is 19.7 Å². The van der Waals surface area contributed by atoms with Gasteiger partial charge in [-0.3, -0.25) is 4.79 Å². The molecule has 2 rings (SSSR count). The third-order valence-electron chi connectivity index (χ3n) is 3.89. The van der Waals surface area contributed by atoms with Gasteiger partial charge in [0.1, 0.15) is 11.5 Å². The molecular weight excluding hydrogens is 328 g/mol. The Bertz CT molecular complexity index is 667. The van der Waals surface area contributed by atoms with E-state index in [4.69, 9.17) is 9.47 Å². The van der Waals surface area contributed by atoms with Gasteiger partial charge in [-0.15, -0.1) is 0 Å². The van der Waals surface area contributed by atoms with E-state index >= 15 is 0 Å². The topological polar surface area (TPSA) is 50.8 Å². The lowest BCUT2D eigenvalue weighted by Gasteiger charge is -2.13. The van der Waals surface area contributed by atoms with Crippen LogP contribution in [0.2, 0.25) is 0 Å². The molecule has 1 N–H and O–H groups in total. The van der Waals surface area contributed by atoms with Gasteiger partial charge >= 0.3 is 0 Å². The van der Waals surface area contributed by atoms with E-state index in [0.717, 1.165) is 22.7 Å². The van der Waals surface area contributed by atoms with E-state index in [-0.39, 0.29) is 5.91 Å². The van der Waals surface area contributed by atoms with E-state index in [9.17, 15) is 4.79 Å². The van der Waals surface area contributed by atoms with Gasteiger partial charge in [-0.25, -0.2) is 0 Å². The van der Waals surface area contributed by atoms with E-state index in [1.165, 1.54) is 0 Å². The Morgan fingerprint density at radius 1 is 0.962 bits per heavy atom. The largest absolute Gasteiger partial charge is 0.494 e. The summed E-state index contributed by atoms with van der Waals surface area (Å²) in [5, 5.41) is 2.94. The molecule has 26 heavy (non-hydrogen) atoms. The minimum Gasteiger partial charge on any atom is -0.494 e. The van der Waals surface area contributed by atoms with Crippen molar-refractivity contribution >= 4 is 11.6 Å². The van der Waals surface area contributed by atoms with Crippen molar-refractivity contribution in [2.45, 2.75) is 26.3 Å². The van der Waals surface area contributed by atoms with Gasteiger partial charge in [0.15, 0.2) is 0 Å². The van der Waals surface area contributed by atoms with Crippen LogP contribution in [0.3, 0.4) is 0 Å². The van der Waals surface area contributed by atoms with E-state index < -0.39 is 0 Å². The minimum absolute atomic E-state index is 0.0389. The zero-order valence-corrected chi connectivity index (χ0v) is 15.8. The number of anilines is 1. The Labute approximate surface area is 155 Å². The molecule has 2 aromatic carbocycles. The van der Waals surface area contributed by atoms with Gasteiger partial charge < -0.3 is 19.7 Å². The predicted octanol–water partition coefficient (Wildman–Crippen LogP) is 3.63. The van der Waals surface area contributed by atoms with E-state index in [1.807, 2.05) is 74.4 Å². The Hall–Kier alpha value is -2.69. The van der Waals surface area contributed by atoms with Crippen LogP contribution in [0.5, 0.6) is 11.5 Å². The summed E-state index contributed by atoms with van der Waals surface area (Å²) in [5.41, 5.74) is 2.24. The van der Waals surface area contributed by atoms with Crippen LogP contribution in [0.1, 0.15) is 25.3 Å². The zero-order valence-electron chi connectivity index (χ0n) is 15.8. The fourth-order valence-electron chi connectivity index (χ4n) is 2.42. The smallest absolute Gasteiger partial charge is 0.220 e. The van der Waals surface area contributed by atoms with E-state index in [1.54, 1.807) is 0 Å². The van der Waals surface area contributed by atoms with Crippen LogP contribution in [-0.2, 0) is 11.3 Å². The molecule has 0 heterocycles. The zero-order chi connectivity index (χ0) is 18.8. The number of benzene rings is 2. The first-order chi connectivity index (χ1) is 12.6. The second-order valence-electron chi connectivity index (χ2n) is 6.19. The van der Waals surface area contributed by atoms with Gasteiger partial charge in [0.05, 0.1) is 13.2 Å². The van der Waals surface area contributed by atoms with Crippen molar-refractivity contribution in [2.24, 2.45) is 0 Å². The van der Waals surface area contributed by atoms with Crippen molar-refractivity contribution in [3.8, 4) is 11.5 Å². The van der Waals surface area contributed by atoms with Crippen LogP contribution in [0.4, 0.5) is 5.69 Å². The Morgan fingerprint density at radius 3 is 2.15 bits per heavy atom. The molecule has 5 heteroatoms. The number of carbonyl (C=O) groups excluding carboxylic acids is 1. The summed E-state index contributed by atoms with van der Waals surface area (Å²) in [6.45, 7) is 3.66. The van der Waals surface area contributed by atoms with Gasteiger partial charge in [0.2, 0.25) is 5.91 Å². The molecule has 0 fully saturated rings. The molecule has 0 aliphatic carbocycles. The fourth-order valence-corrected chi connectivity index (χ4v) is 2.42. The molecule has 0 saturated carbocycles. The second kappa shape index (κ2) is 10.3. The van der Waals surface area contributed by atoms with Crippen LogP contribution in [0.15, 0.2) is 48.5 Å². The molecule has 0 spiro atoms. The second-order valence-corrected chi connectivity index (χ2v) is 6.19. The van der Waals surface area contributed by atoms with Crippen molar-refractivity contribution in [3.63, 3.8) is 0 Å². The molecule has 0 aliphatic rings. The summed E-state index contributed by atoms with van der Waals surface area (Å²) in [4.78, 5) is 14.0. The summed E-state index contributed by atoms with van der Waals surface area (Å²) in [7, 11) is 4.01. The SMILES string of the molecule is CCOc1ccc(OCCCC(=O)NCc2ccc(N(C)C)cc2)cc1. The van der Waals surface area contributed by atoms with Gasteiger partial charge in [-0.2, -0.15) is 0 Å². The number of hydrogen-bond donors (Lipinski definition) is 1. The predicted molar refractivity (Wildman–Crippen MR) is 105 cm³/mol. The molecule has 0 aromatic heterocycles. The van der Waals surface area contributed by atoms with Gasteiger partial charge in [0.25, 0.3) is 0 Å². The third-order valence-corrected chi connectivity index (χ3v) is 3.89. The molecule has 2 aromatic rings. The molecular formula is C21H28N2O3. The highest BCUT2D eigenvalue weighted by molar-refractivity contribution is 5.75. The van der Waals surface area contributed by atoms with Crippen molar-refractivity contribution in [2.75, 3.05) is 32.2 Å². The van der Waals surface area contributed by atoms with Crippen LogP contribution in [0.25, 0.3) is 0 Å². The van der Waals surface area contributed by atoms with E-state index in [0.29, 0.717) is 32.6 Å². The molecule has 0 radical (unpaired) electrons.